The fraction of sp³-hybridized carbons (Fsp3) is 0.308. The minimum atomic E-state index is -3.73. The standard InChI is InChI=1S/C13H17NO4S/c1-4-5-10(3)14-19(17,18)12-8-11(13(15)16)7-6-9(12)2/h4,6-8,10,14H,1,5H2,2-3H3,(H,15,16). The second-order valence-corrected chi connectivity index (χ2v) is 6.01. The lowest BCUT2D eigenvalue weighted by molar-refractivity contribution is 0.0696. The topological polar surface area (TPSA) is 83.5 Å². The van der Waals surface area contributed by atoms with Crippen LogP contribution in [0.25, 0.3) is 0 Å². The highest BCUT2D eigenvalue weighted by molar-refractivity contribution is 7.89. The Morgan fingerprint density at radius 1 is 1.53 bits per heavy atom. The van der Waals surface area contributed by atoms with E-state index < -0.39 is 16.0 Å². The van der Waals surface area contributed by atoms with Crippen molar-refractivity contribution < 1.29 is 18.3 Å². The van der Waals surface area contributed by atoms with Gasteiger partial charge in [0.1, 0.15) is 0 Å². The van der Waals surface area contributed by atoms with Crippen molar-refractivity contribution in [2.24, 2.45) is 0 Å². The van der Waals surface area contributed by atoms with Gasteiger partial charge in [-0.15, -0.1) is 6.58 Å². The number of carboxylic acids is 1. The first kappa shape index (κ1) is 15.4. The normalized spacial score (nSPS) is 12.9. The van der Waals surface area contributed by atoms with Crippen LogP contribution in [0.3, 0.4) is 0 Å². The van der Waals surface area contributed by atoms with Gasteiger partial charge in [-0.2, -0.15) is 0 Å². The molecule has 0 aromatic heterocycles. The van der Waals surface area contributed by atoms with E-state index in [1.807, 2.05) is 0 Å². The third-order valence-corrected chi connectivity index (χ3v) is 4.33. The predicted octanol–water partition coefficient (Wildman–Crippen LogP) is 1.94. The van der Waals surface area contributed by atoms with E-state index in [-0.39, 0.29) is 16.5 Å². The summed E-state index contributed by atoms with van der Waals surface area (Å²) in [6.07, 6.45) is 2.12. The Labute approximate surface area is 113 Å². The number of aromatic carboxylic acids is 1. The van der Waals surface area contributed by atoms with Crippen molar-refractivity contribution in [1.82, 2.24) is 4.72 Å². The number of sulfonamides is 1. The molecule has 0 aliphatic rings. The van der Waals surface area contributed by atoms with Crippen molar-refractivity contribution in [3.63, 3.8) is 0 Å². The molecule has 1 rings (SSSR count). The van der Waals surface area contributed by atoms with Crippen molar-refractivity contribution >= 4 is 16.0 Å². The molecular formula is C13H17NO4S. The van der Waals surface area contributed by atoms with E-state index in [0.717, 1.165) is 0 Å². The van der Waals surface area contributed by atoms with Crippen LogP contribution in [0.4, 0.5) is 0 Å². The Balaban J connectivity index is 3.16. The van der Waals surface area contributed by atoms with Gasteiger partial charge >= 0.3 is 5.97 Å². The van der Waals surface area contributed by atoms with Crippen LogP contribution in [0, 0.1) is 6.92 Å². The molecule has 6 heteroatoms. The van der Waals surface area contributed by atoms with E-state index in [1.165, 1.54) is 18.2 Å². The van der Waals surface area contributed by atoms with Gasteiger partial charge in [0.15, 0.2) is 0 Å². The number of rotatable bonds is 6. The van der Waals surface area contributed by atoms with Gasteiger partial charge in [-0.25, -0.2) is 17.9 Å². The number of carboxylic acid groups (broad SMARTS) is 1. The molecule has 0 aliphatic heterocycles. The van der Waals surface area contributed by atoms with E-state index in [0.29, 0.717) is 12.0 Å². The van der Waals surface area contributed by atoms with E-state index in [9.17, 15) is 13.2 Å². The van der Waals surface area contributed by atoms with Crippen LogP contribution >= 0.6 is 0 Å². The minimum absolute atomic E-state index is 0.0108. The van der Waals surface area contributed by atoms with Gasteiger partial charge in [0, 0.05) is 6.04 Å². The minimum Gasteiger partial charge on any atom is -0.478 e. The number of benzene rings is 1. The van der Waals surface area contributed by atoms with Crippen molar-refractivity contribution in [3.8, 4) is 0 Å². The molecule has 0 fully saturated rings. The summed E-state index contributed by atoms with van der Waals surface area (Å²) < 4.78 is 26.8. The molecule has 0 saturated carbocycles. The number of hydrogen-bond acceptors (Lipinski definition) is 3. The van der Waals surface area contributed by atoms with E-state index in [2.05, 4.69) is 11.3 Å². The van der Waals surface area contributed by atoms with Gasteiger partial charge in [0.2, 0.25) is 10.0 Å². The quantitative estimate of drug-likeness (QED) is 0.781. The first-order valence-electron chi connectivity index (χ1n) is 5.75. The number of nitrogens with one attached hydrogen (secondary N) is 1. The molecule has 1 aromatic rings. The molecule has 2 N–H and O–H groups in total. The van der Waals surface area contributed by atoms with Gasteiger partial charge in [-0.3, -0.25) is 0 Å². The highest BCUT2D eigenvalue weighted by Gasteiger charge is 2.20. The average molecular weight is 283 g/mol. The van der Waals surface area contributed by atoms with Crippen LogP contribution in [0.5, 0.6) is 0 Å². The fourth-order valence-corrected chi connectivity index (χ4v) is 3.18. The van der Waals surface area contributed by atoms with E-state index >= 15 is 0 Å². The Kier molecular flexibility index (Phi) is 4.85. The maximum Gasteiger partial charge on any atom is 0.335 e. The van der Waals surface area contributed by atoms with Crippen molar-refractivity contribution in [2.45, 2.75) is 31.2 Å². The SMILES string of the molecule is C=CCC(C)NS(=O)(=O)c1cc(C(=O)O)ccc1C. The van der Waals surface area contributed by atoms with Crippen LogP contribution in [0.1, 0.15) is 29.3 Å². The molecule has 1 atom stereocenters. The van der Waals surface area contributed by atoms with Crippen LogP contribution in [-0.4, -0.2) is 25.5 Å². The second kappa shape index (κ2) is 5.99. The van der Waals surface area contributed by atoms with E-state index in [1.54, 1.807) is 19.9 Å². The van der Waals surface area contributed by atoms with E-state index in [4.69, 9.17) is 5.11 Å². The maximum absolute atomic E-state index is 12.2. The molecule has 0 radical (unpaired) electrons. The Morgan fingerprint density at radius 3 is 2.68 bits per heavy atom. The molecular weight excluding hydrogens is 266 g/mol. The molecule has 0 saturated heterocycles. The largest absolute Gasteiger partial charge is 0.478 e. The Morgan fingerprint density at radius 2 is 2.16 bits per heavy atom. The average Bonchev–Trinajstić information content (AvgIpc) is 2.28. The summed E-state index contributed by atoms with van der Waals surface area (Å²) in [7, 11) is -3.73. The van der Waals surface area contributed by atoms with Crippen LogP contribution in [-0.2, 0) is 10.0 Å². The molecule has 1 aromatic carbocycles. The molecule has 104 valence electrons. The predicted molar refractivity (Wildman–Crippen MR) is 72.7 cm³/mol. The van der Waals surface area contributed by atoms with Crippen molar-refractivity contribution in [3.05, 3.63) is 42.0 Å². The summed E-state index contributed by atoms with van der Waals surface area (Å²) in [5.74, 6) is -1.16. The zero-order chi connectivity index (χ0) is 14.6. The number of hydrogen-bond donors (Lipinski definition) is 2. The number of aryl methyl sites for hydroxylation is 1. The van der Waals surface area contributed by atoms with Crippen LogP contribution < -0.4 is 4.72 Å². The monoisotopic (exact) mass is 283 g/mol. The summed E-state index contributed by atoms with van der Waals surface area (Å²) in [4.78, 5) is 10.9. The van der Waals surface area contributed by atoms with Gasteiger partial charge in [-0.1, -0.05) is 12.1 Å². The first-order valence-corrected chi connectivity index (χ1v) is 7.23. The third-order valence-electron chi connectivity index (χ3n) is 2.60. The first-order chi connectivity index (χ1) is 8.77. The molecule has 0 spiro atoms. The van der Waals surface area contributed by atoms with Gasteiger partial charge < -0.3 is 5.11 Å². The zero-order valence-electron chi connectivity index (χ0n) is 10.9. The molecule has 5 nitrogen and oxygen atoms in total. The Bertz CT molecular complexity index is 593. The smallest absolute Gasteiger partial charge is 0.335 e. The maximum atomic E-state index is 12.2. The molecule has 19 heavy (non-hydrogen) atoms. The number of carbonyl (C=O) groups is 1. The van der Waals surface area contributed by atoms with Gasteiger partial charge in [0.25, 0.3) is 0 Å². The molecule has 0 aliphatic carbocycles. The van der Waals surface area contributed by atoms with Crippen LogP contribution in [0.2, 0.25) is 0 Å². The summed E-state index contributed by atoms with van der Waals surface area (Å²) in [6.45, 7) is 6.89. The van der Waals surface area contributed by atoms with Crippen molar-refractivity contribution in [1.29, 1.82) is 0 Å². The summed E-state index contributed by atoms with van der Waals surface area (Å²) in [5, 5.41) is 8.90. The van der Waals surface area contributed by atoms with Gasteiger partial charge in [-0.05, 0) is 38.0 Å². The molecule has 0 bridgehead atoms. The van der Waals surface area contributed by atoms with Gasteiger partial charge in [0.05, 0.1) is 10.5 Å². The highest BCUT2D eigenvalue weighted by atomic mass is 32.2. The lowest BCUT2D eigenvalue weighted by Crippen LogP contribution is -2.32. The lowest BCUT2D eigenvalue weighted by Gasteiger charge is -2.14. The lowest BCUT2D eigenvalue weighted by atomic mass is 10.1. The molecule has 0 heterocycles. The third kappa shape index (κ3) is 3.90. The second-order valence-electron chi connectivity index (χ2n) is 4.33. The fourth-order valence-electron chi connectivity index (χ4n) is 1.65. The Hall–Kier alpha value is -1.66. The molecule has 1 unspecified atom stereocenters. The van der Waals surface area contributed by atoms with Crippen LogP contribution in [0.15, 0.2) is 35.7 Å². The summed E-state index contributed by atoms with van der Waals surface area (Å²) in [5.41, 5.74) is 0.450. The summed E-state index contributed by atoms with van der Waals surface area (Å²) in [6, 6.07) is 3.73. The highest BCUT2D eigenvalue weighted by Crippen LogP contribution is 2.17. The summed E-state index contributed by atoms with van der Waals surface area (Å²) >= 11 is 0. The van der Waals surface area contributed by atoms with Crippen molar-refractivity contribution in [2.75, 3.05) is 0 Å². The molecule has 0 amide bonds. The zero-order valence-corrected chi connectivity index (χ0v) is 11.7.